The van der Waals surface area contributed by atoms with E-state index in [1.54, 1.807) is 34.9 Å². The largest absolute Gasteiger partial charge is 0.507 e. The van der Waals surface area contributed by atoms with E-state index in [4.69, 9.17) is 0 Å². The number of hydrogen-bond acceptors (Lipinski definition) is 6. The minimum absolute atomic E-state index is 0.0267. The first-order valence-electron chi connectivity index (χ1n) is 7.80. The van der Waals surface area contributed by atoms with E-state index >= 15 is 0 Å². The molecule has 0 spiro atoms. The summed E-state index contributed by atoms with van der Waals surface area (Å²) in [7, 11) is 0. The standard InChI is InChI=1S/C18H15N3O2S2/c1-11-16(23)21(17(24-11)12-7-3-2-4-8-12)18-20-19-15(25-18)13-9-5-6-10-14(13)22/h2-11,17,22H,1H3. The number of carbonyl (C=O) groups is 1. The lowest BCUT2D eigenvalue weighted by molar-refractivity contribution is -0.117. The first-order chi connectivity index (χ1) is 12.1. The maximum absolute atomic E-state index is 12.7. The van der Waals surface area contributed by atoms with Gasteiger partial charge in [0.15, 0.2) is 5.01 Å². The van der Waals surface area contributed by atoms with Gasteiger partial charge in [-0.05, 0) is 24.6 Å². The van der Waals surface area contributed by atoms with Gasteiger partial charge >= 0.3 is 0 Å². The van der Waals surface area contributed by atoms with Crippen molar-refractivity contribution in [2.45, 2.75) is 17.5 Å². The fourth-order valence-corrected chi connectivity index (χ4v) is 4.98. The Balaban J connectivity index is 1.72. The second-order valence-corrected chi connectivity index (χ2v) is 8.04. The second kappa shape index (κ2) is 6.50. The van der Waals surface area contributed by atoms with Crippen LogP contribution in [0.15, 0.2) is 54.6 Å². The molecule has 4 rings (SSSR count). The zero-order valence-corrected chi connectivity index (χ0v) is 15.0. The molecule has 1 fully saturated rings. The summed E-state index contributed by atoms with van der Waals surface area (Å²) < 4.78 is 0. The van der Waals surface area contributed by atoms with Crippen LogP contribution in [-0.2, 0) is 4.79 Å². The van der Waals surface area contributed by atoms with Gasteiger partial charge in [0.05, 0.1) is 10.8 Å². The zero-order chi connectivity index (χ0) is 17.4. The molecule has 126 valence electrons. The molecule has 2 aromatic carbocycles. The van der Waals surface area contributed by atoms with E-state index in [2.05, 4.69) is 10.2 Å². The Bertz CT molecular complexity index is 913. The van der Waals surface area contributed by atoms with Crippen molar-refractivity contribution in [3.8, 4) is 16.3 Å². The van der Waals surface area contributed by atoms with Gasteiger partial charge in [-0.15, -0.1) is 22.0 Å². The lowest BCUT2D eigenvalue weighted by Crippen LogP contribution is -2.30. The molecule has 0 aliphatic carbocycles. The first kappa shape index (κ1) is 16.1. The quantitative estimate of drug-likeness (QED) is 0.754. The SMILES string of the molecule is CC1SC(c2ccccc2)N(c2nnc(-c3ccccc3O)s2)C1=O. The number of aromatic hydroxyl groups is 1. The van der Waals surface area contributed by atoms with Crippen molar-refractivity contribution in [3.63, 3.8) is 0 Å². The molecule has 0 bridgehead atoms. The van der Waals surface area contributed by atoms with Gasteiger partial charge in [0.25, 0.3) is 0 Å². The summed E-state index contributed by atoms with van der Waals surface area (Å²) >= 11 is 2.91. The van der Waals surface area contributed by atoms with Gasteiger partial charge in [-0.1, -0.05) is 53.8 Å². The molecule has 7 heteroatoms. The molecule has 0 radical (unpaired) electrons. The maximum atomic E-state index is 12.7. The van der Waals surface area contributed by atoms with Crippen LogP contribution in [0.3, 0.4) is 0 Å². The minimum atomic E-state index is -0.136. The number of para-hydroxylation sites is 1. The van der Waals surface area contributed by atoms with E-state index in [0.717, 1.165) is 5.56 Å². The highest BCUT2D eigenvalue weighted by Gasteiger charge is 2.41. The predicted octanol–water partition coefficient (Wildman–Crippen LogP) is 4.08. The maximum Gasteiger partial charge on any atom is 0.242 e. The van der Waals surface area contributed by atoms with E-state index in [-0.39, 0.29) is 22.3 Å². The van der Waals surface area contributed by atoms with Crippen LogP contribution >= 0.6 is 23.1 Å². The second-order valence-electron chi connectivity index (χ2n) is 5.66. The smallest absolute Gasteiger partial charge is 0.242 e. The van der Waals surface area contributed by atoms with E-state index in [1.165, 1.54) is 11.3 Å². The third-order valence-corrected chi connectivity index (χ3v) is 6.30. The molecule has 0 saturated carbocycles. The molecule has 1 N–H and O–H groups in total. The number of benzene rings is 2. The number of aromatic nitrogens is 2. The van der Waals surface area contributed by atoms with Gasteiger partial charge in [0.1, 0.15) is 11.1 Å². The molecule has 1 aliphatic heterocycles. The highest BCUT2D eigenvalue weighted by molar-refractivity contribution is 8.01. The first-order valence-corrected chi connectivity index (χ1v) is 9.56. The van der Waals surface area contributed by atoms with Gasteiger partial charge < -0.3 is 5.11 Å². The van der Waals surface area contributed by atoms with Crippen LogP contribution in [0.4, 0.5) is 5.13 Å². The molecule has 25 heavy (non-hydrogen) atoms. The Morgan fingerprint density at radius 1 is 1.04 bits per heavy atom. The van der Waals surface area contributed by atoms with Crippen LogP contribution in [0.25, 0.3) is 10.6 Å². The topological polar surface area (TPSA) is 66.3 Å². The Kier molecular flexibility index (Phi) is 4.19. The van der Waals surface area contributed by atoms with Crippen LogP contribution < -0.4 is 4.90 Å². The molecule has 2 atom stereocenters. The Hall–Kier alpha value is -2.38. The average molecular weight is 369 g/mol. The van der Waals surface area contributed by atoms with E-state index in [9.17, 15) is 9.90 Å². The van der Waals surface area contributed by atoms with Crippen molar-refractivity contribution in [3.05, 3.63) is 60.2 Å². The molecule has 1 aliphatic rings. The summed E-state index contributed by atoms with van der Waals surface area (Å²) in [6.45, 7) is 1.91. The normalized spacial score (nSPS) is 20.2. The number of anilines is 1. The number of hydrogen-bond donors (Lipinski definition) is 1. The highest BCUT2D eigenvalue weighted by atomic mass is 32.2. The molecule has 1 aromatic heterocycles. The van der Waals surface area contributed by atoms with Crippen molar-refractivity contribution in [1.29, 1.82) is 0 Å². The fourth-order valence-electron chi connectivity index (χ4n) is 2.74. The van der Waals surface area contributed by atoms with Gasteiger partial charge in [-0.3, -0.25) is 9.69 Å². The van der Waals surface area contributed by atoms with Crippen LogP contribution in [0.1, 0.15) is 17.9 Å². The number of thioether (sulfide) groups is 1. The van der Waals surface area contributed by atoms with Crippen molar-refractivity contribution >= 4 is 34.1 Å². The summed E-state index contributed by atoms with van der Waals surface area (Å²) in [5.74, 6) is 0.180. The predicted molar refractivity (Wildman–Crippen MR) is 101 cm³/mol. The number of nitrogens with zero attached hydrogens (tertiary/aromatic N) is 3. The Morgan fingerprint density at radius 2 is 1.76 bits per heavy atom. The van der Waals surface area contributed by atoms with Crippen LogP contribution in [-0.4, -0.2) is 26.5 Å². The number of carbonyl (C=O) groups excluding carboxylic acids is 1. The zero-order valence-electron chi connectivity index (χ0n) is 13.4. The van der Waals surface area contributed by atoms with E-state index in [0.29, 0.717) is 15.7 Å². The van der Waals surface area contributed by atoms with Crippen LogP contribution in [0, 0.1) is 0 Å². The van der Waals surface area contributed by atoms with Gasteiger partial charge in [0, 0.05) is 0 Å². The summed E-state index contributed by atoms with van der Waals surface area (Å²) in [5.41, 5.74) is 1.68. The summed E-state index contributed by atoms with van der Waals surface area (Å²) in [4.78, 5) is 14.4. The third-order valence-electron chi connectivity index (χ3n) is 3.99. The lowest BCUT2D eigenvalue weighted by Gasteiger charge is -2.20. The average Bonchev–Trinajstić information content (AvgIpc) is 3.21. The van der Waals surface area contributed by atoms with Crippen molar-refractivity contribution in [2.24, 2.45) is 0 Å². The number of phenols is 1. The molecule has 5 nitrogen and oxygen atoms in total. The van der Waals surface area contributed by atoms with Crippen LogP contribution in [0.5, 0.6) is 5.75 Å². The summed E-state index contributed by atoms with van der Waals surface area (Å²) in [6, 6.07) is 16.9. The van der Waals surface area contributed by atoms with E-state index in [1.807, 2.05) is 43.3 Å². The van der Waals surface area contributed by atoms with Crippen LogP contribution in [0.2, 0.25) is 0 Å². The monoisotopic (exact) mass is 369 g/mol. The van der Waals surface area contributed by atoms with E-state index < -0.39 is 0 Å². The fraction of sp³-hybridized carbons (Fsp3) is 0.167. The number of phenolic OH excluding ortho intramolecular Hbond substituents is 1. The van der Waals surface area contributed by atoms with Crippen molar-refractivity contribution < 1.29 is 9.90 Å². The van der Waals surface area contributed by atoms with Gasteiger partial charge in [-0.2, -0.15) is 0 Å². The lowest BCUT2D eigenvalue weighted by atomic mass is 10.2. The molecule has 2 heterocycles. The van der Waals surface area contributed by atoms with Gasteiger partial charge in [0.2, 0.25) is 11.0 Å². The Labute approximate surface area is 153 Å². The summed E-state index contributed by atoms with van der Waals surface area (Å²) in [5, 5.41) is 19.3. The number of amides is 1. The summed E-state index contributed by atoms with van der Waals surface area (Å²) in [6.07, 6.45) is 0. The van der Waals surface area contributed by atoms with Crippen molar-refractivity contribution in [1.82, 2.24) is 10.2 Å². The number of rotatable bonds is 3. The highest BCUT2D eigenvalue weighted by Crippen LogP contribution is 2.47. The Morgan fingerprint density at radius 3 is 2.52 bits per heavy atom. The minimum Gasteiger partial charge on any atom is -0.507 e. The molecule has 3 aromatic rings. The molecule has 2 unspecified atom stereocenters. The van der Waals surface area contributed by atoms with Crippen molar-refractivity contribution in [2.75, 3.05) is 4.90 Å². The molecular weight excluding hydrogens is 354 g/mol. The molecule has 1 saturated heterocycles. The van der Waals surface area contributed by atoms with Gasteiger partial charge in [-0.25, -0.2) is 0 Å². The third kappa shape index (κ3) is 2.89. The molecular formula is C18H15N3O2S2. The molecule has 1 amide bonds.